The molecule has 2 fully saturated rings. The zero-order chi connectivity index (χ0) is 11.0. The lowest BCUT2D eigenvalue weighted by atomic mass is 10.1. The van der Waals surface area contributed by atoms with Gasteiger partial charge in [0.25, 0.3) is 0 Å². The molecular formula is C9H13N3O3. The first kappa shape index (κ1) is 10.1. The summed E-state index contributed by atoms with van der Waals surface area (Å²) in [4.78, 5) is 36.7. The Labute approximate surface area is 87.2 Å². The maximum absolute atomic E-state index is 11.7. The Hall–Kier alpha value is -1.43. The summed E-state index contributed by atoms with van der Waals surface area (Å²) in [5, 5.41) is 3.09. The number of barbiturate groups is 1. The van der Waals surface area contributed by atoms with E-state index in [1.165, 1.54) is 11.9 Å². The van der Waals surface area contributed by atoms with Crippen molar-refractivity contribution in [3.05, 3.63) is 0 Å². The Morgan fingerprint density at radius 2 is 2.00 bits per heavy atom. The number of urea groups is 1. The third-order valence-corrected chi connectivity index (χ3v) is 2.84. The van der Waals surface area contributed by atoms with Gasteiger partial charge in [0.2, 0.25) is 11.8 Å². The summed E-state index contributed by atoms with van der Waals surface area (Å²) in [5.41, 5.74) is 0. The summed E-state index contributed by atoms with van der Waals surface area (Å²) in [6.45, 7) is 1.43. The molecule has 2 saturated heterocycles. The van der Waals surface area contributed by atoms with Gasteiger partial charge in [0, 0.05) is 13.6 Å². The molecule has 0 unspecified atom stereocenters. The van der Waals surface area contributed by atoms with Crippen LogP contribution in [0.3, 0.4) is 0 Å². The molecule has 82 valence electrons. The van der Waals surface area contributed by atoms with E-state index >= 15 is 0 Å². The standard InChI is InChI=1S/C9H13N3O3/c1-11-7(13)4-8(14)12(9(11)15)6-2-3-10-5-6/h6,10H,2-5H2,1H3/t6-/m0/s1. The lowest BCUT2D eigenvalue weighted by molar-refractivity contribution is -0.142. The number of nitrogens with zero attached hydrogens (tertiary/aromatic N) is 2. The lowest BCUT2D eigenvalue weighted by Crippen LogP contribution is -2.57. The molecule has 0 radical (unpaired) electrons. The highest BCUT2D eigenvalue weighted by Crippen LogP contribution is 2.17. The number of nitrogens with one attached hydrogen (secondary N) is 1. The van der Waals surface area contributed by atoms with Crippen LogP contribution in [0.4, 0.5) is 4.79 Å². The van der Waals surface area contributed by atoms with Crippen molar-refractivity contribution in [1.29, 1.82) is 0 Å². The van der Waals surface area contributed by atoms with E-state index in [0.717, 1.165) is 17.9 Å². The van der Waals surface area contributed by atoms with E-state index in [2.05, 4.69) is 5.32 Å². The maximum atomic E-state index is 11.7. The topological polar surface area (TPSA) is 69.7 Å². The maximum Gasteiger partial charge on any atom is 0.333 e. The van der Waals surface area contributed by atoms with Gasteiger partial charge < -0.3 is 5.32 Å². The van der Waals surface area contributed by atoms with Gasteiger partial charge in [0.1, 0.15) is 6.42 Å². The molecule has 2 heterocycles. The van der Waals surface area contributed by atoms with Gasteiger partial charge in [0.15, 0.2) is 0 Å². The molecule has 2 rings (SSSR count). The third-order valence-electron chi connectivity index (χ3n) is 2.84. The molecule has 1 atom stereocenters. The van der Waals surface area contributed by atoms with E-state index in [9.17, 15) is 14.4 Å². The summed E-state index contributed by atoms with van der Waals surface area (Å²) in [7, 11) is 1.41. The van der Waals surface area contributed by atoms with Crippen LogP contribution in [0.5, 0.6) is 0 Å². The van der Waals surface area contributed by atoms with Gasteiger partial charge >= 0.3 is 6.03 Å². The predicted molar refractivity (Wildman–Crippen MR) is 50.9 cm³/mol. The Morgan fingerprint density at radius 1 is 1.27 bits per heavy atom. The van der Waals surface area contributed by atoms with Crippen LogP contribution in [0.1, 0.15) is 12.8 Å². The molecule has 4 amide bonds. The van der Waals surface area contributed by atoms with Gasteiger partial charge in [-0.05, 0) is 13.0 Å². The highest BCUT2D eigenvalue weighted by molar-refractivity contribution is 6.14. The lowest BCUT2D eigenvalue weighted by Gasteiger charge is -2.33. The fourth-order valence-electron chi connectivity index (χ4n) is 1.93. The molecule has 0 spiro atoms. The largest absolute Gasteiger partial charge is 0.333 e. The van der Waals surface area contributed by atoms with Crippen molar-refractivity contribution >= 4 is 17.8 Å². The number of imide groups is 2. The number of hydrogen-bond acceptors (Lipinski definition) is 4. The minimum absolute atomic E-state index is 0.0967. The van der Waals surface area contributed by atoms with Crippen molar-refractivity contribution in [1.82, 2.24) is 15.1 Å². The Morgan fingerprint density at radius 3 is 2.60 bits per heavy atom. The highest BCUT2D eigenvalue weighted by Gasteiger charge is 2.40. The second kappa shape index (κ2) is 3.62. The van der Waals surface area contributed by atoms with E-state index in [0.29, 0.717) is 6.54 Å². The van der Waals surface area contributed by atoms with Crippen LogP contribution in [0.15, 0.2) is 0 Å². The van der Waals surface area contributed by atoms with Gasteiger partial charge in [-0.3, -0.25) is 19.4 Å². The summed E-state index contributed by atoms with van der Waals surface area (Å²) >= 11 is 0. The zero-order valence-corrected chi connectivity index (χ0v) is 8.52. The summed E-state index contributed by atoms with van der Waals surface area (Å²) < 4.78 is 0. The molecule has 0 aromatic heterocycles. The molecule has 1 N–H and O–H groups in total. The van der Waals surface area contributed by atoms with Crippen LogP contribution < -0.4 is 5.32 Å². The molecule has 0 saturated carbocycles. The molecule has 0 bridgehead atoms. The van der Waals surface area contributed by atoms with Crippen LogP contribution in [-0.2, 0) is 9.59 Å². The fraction of sp³-hybridized carbons (Fsp3) is 0.667. The molecule has 0 aromatic carbocycles. The van der Waals surface area contributed by atoms with Crippen molar-refractivity contribution in [3.63, 3.8) is 0 Å². The highest BCUT2D eigenvalue weighted by atomic mass is 16.2. The summed E-state index contributed by atoms with van der Waals surface area (Å²) in [5.74, 6) is -0.802. The monoisotopic (exact) mass is 211 g/mol. The van der Waals surface area contributed by atoms with Crippen LogP contribution in [0, 0.1) is 0 Å². The number of carbonyl (C=O) groups is 3. The predicted octanol–water partition coefficient (Wildman–Crippen LogP) is -0.841. The van der Waals surface area contributed by atoms with E-state index in [1.54, 1.807) is 0 Å². The Kier molecular flexibility index (Phi) is 2.44. The van der Waals surface area contributed by atoms with Gasteiger partial charge in [-0.2, -0.15) is 0 Å². The normalized spacial score (nSPS) is 27.8. The Bertz CT molecular complexity index is 323. The van der Waals surface area contributed by atoms with Crippen molar-refractivity contribution in [3.8, 4) is 0 Å². The molecule has 15 heavy (non-hydrogen) atoms. The molecule has 2 aliphatic heterocycles. The number of carbonyl (C=O) groups excluding carboxylic acids is 3. The quantitative estimate of drug-likeness (QED) is 0.574. The van der Waals surface area contributed by atoms with Crippen LogP contribution >= 0.6 is 0 Å². The van der Waals surface area contributed by atoms with Gasteiger partial charge in [0.05, 0.1) is 6.04 Å². The minimum atomic E-state index is -0.495. The van der Waals surface area contributed by atoms with Crippen molar-refractivity contribution < 1.29 is 14.4 Å². The fourth-order valence-corrected chi connectivity index (χ4v) is 1.93. The minimum Gasteiger partial charge on any atom is -0.315 e. The first-order chi connectivity index (χ1) is 7.11. The summed E-state index contributed by atoms with van der Waals surface area (Å²) in [6.07, 6.45) is 0.568. The molecule has 2 aliphatic rings. The summed E-state index contributed by atoms with van der Waals surface area (Å²) in [6, 6.07) is -0.592. The van der Waals surface area contributed by atoms with Crippen LogP contribution in [0.2, 0.25) is 0 Å². The van der Waals surface area contributed by atoms with Crippen LogP contribution in [-0.4, -0.2) is 53.8 Å². The Balaban J connectivity index is 2.19. The van der Waals surface area contributed by atoms with E-state index in [-0.39, 0.29) is 18.4 Å². The van der Waals surface area contributed by atoms with E-state index in [4.69, 9.17) is 0 Å². The smallest absolute Gasteiger partial charge is 0.315 e. The average Bonchev–Trinajstić information content (AvgIpc) is 2.68. The van der Waals surface area contributed by atoms with Crippen molar-refractivity contribution in [2.45, 2.75) is 18.9 Å². The van der Waals surface area contributed by atoms with Crippen LogP contribution in [0.25, 0.3) is 0 Å². The van der Waals surface area contributed by atoms with Gasteiger partial charge in [-0.1, -0.05) is 0 Å². The van der Waals surface area contributed by atoms with E-state index < -0.39 is 11.9 Å². The number of amides is 4. The third kappa shape index (κ3) is 1.61. The second-order valence-corrected chi connectivity index (χ2v) is 3.82. The number of rotatable bonds is 1. The number of hydrogen-bond donors (Lipinski definition) is 1. The molecule has 0 aliphatic carbocycles. The van der Waals surface area contributed by atoms with Crippen molar-refractivity contribution in [2.24, 2.45) is 0 Å². The van der Waals surface area contributed by atoms with Gasteiger partial charge in [-0.25, -0.2) is 4.79 Å². The molecule has 6 heteroatoms. The second-order valence-electron chi connectivity index (χ2n) is 3.82. The zero-order valence-electron chi connectivity index (χ0n) is 8.52. The SMILES string of the molecule is CN1C(=O)CC(=O)N([C@H]2CCNC2)C1=O. The van der Waals surface area contributed by atoms with Crippen molar-refractivity contribution in [2.75, 3.05) is 20.1 Å². The first-order valence-corrected chi connectivity index (χ1v) is 4.94. The molecular weight excluding hydrogens is 198 g/mol. The van der Waals surface area contributed by atoms with E-state index in [1.807, 2.05) is 0 Å². The molecule has 0 aromatic rings. The van der Waals surface area contributed by atoms with Gasteiger partial charge in [-0.15, -0.1) is 0 Å². The average molecular weight is 211 g/mol. The first-order valence-electron chi connectivity index (χ1n) is 4.94. The molecule has 6 nitrogen and oxygen atoms in total.